The van der Waals surface area contributed by atoms with Crippen LogP contribution in [0, 0.1) is 0 Å². The fourth-order valence-corrected chi connectivity index (χ4v) is 1.10. The van der Waals surface area contributed by atoms with Crippen LogP contribution in [0.4, 0.5) is 13.2 Å². The number of carbonyl (C=O) groups is 1. The van der Waals surface area contributed by atoms with E-state index < -0.39 is 17.5 Å². The van der Waals surface area contributed by atoms with Crippen LogP contribution in [0.2, 0.25) is 0 Å². The lowest BCUT2D eigenvalue weighted by Gasteiger charge is -2.11. The second kappa shape index (κ2) is 3.69. The van der Waals surface area contributed by atoms with Crippen molar-refractivity contribution in [2.24, 2.45) is 0 Å². The molecule has 0 radical (unpaired) electrons. The van der Waals surface area contributed by atoms with Gasteiger partial charge in [-0.2, -0.15) is 13.2 Å². The minimum atomic E-state index is -4.54. The lowest BCUT2D eigenvalue weighted by Crippen LogP contribution is -2.09. The van der Waals surface area contributed by atoms with Crippen molar-refractivity contribution in [2.75, 3.05) is 0 Å². The van der Waals surface area contributed by atoms with E-state index in [1.807, 2.05) is 0 Å². The molecule has 0 unspecified atom stereocenters. The van der Waals surface area contributed by atoms with Crippen LogP contribution in [-0.4, -0.2) is 11.4 Å². The first-order valence-electron chi connectivity index (χ1n) is 3.78. The maximum atomic E-state index is 12.3. The molecule has 0 saturated heterocycles. The molecule has 1 N–H and O–H groups in total. The van der Waals surface area contributed by atoms with Gasteiger partial charge in [0.25, 0.3) is 0 Å². The number of carbonyl (C=O) groups excluding carboxylic acids is 1. The van der Waals surface area contributed by atoms with Crippen LogP contribution in [0.5, 0.6) is 5.75 Å². The monoisotopic (exact) mass is 204 g/mol. The average Bonchev–Trinajstić information content (AvgIpc) is 2.07. The summed E-state index contributed by atoms with van der Waals surface area (Å²) in [4.78, 5) is 10.1. The lowest BCUT2D eigenvalue weighted by molar-refractivity contribution is -0.138. The molecule has 0 aliphatic rings. The van der Waals surface area contributed by atoms with Crippen LogP contribution in [0.15, 0.2) is 18.2 Å². The smallest absolute Gasteiger partial charge is 0.416 e. The van der Waals surface area contributed by atoms with Gasteiger partial charge < -0.3 is 9.90 Å². The molecule has 1 rings (SSSR count). The average molecular weight is 204 g/mol. The van der Waals surface area contributed by atoms with Gasteiger partial charge in [0.15, 0.2) is 0 Å². The van der Waals surface area contributed by atoms with Gasteiger partial charge in [0.05, 0.1) is 5.56 Å². The maximum Gasteiger partial charge on any atom is 0.416 e. The van der Waals surface area contributed by atoms with E-state index in [0.29, 0.717) is 12.4 Å². The maximum absolute atomic E-state index is 12.3. The van der Waals surface area contributed by atoms with Crippen LogP contribution in [0.3, 0.4) is 0 Å². The highest BCUT2D eigenvalue weighted by atomic mass is 19.4. The zero-order chi connectivity index (χ0) is 10.8. The Balaban J connectivity index is 3.22. The van der Waals surface area contributed by atoms with E-state index in [1.54, 1.807) is 0 Å². The van der Waals surface area contributed by atoms with Crippen LogP contribution in [0.1, 0.15) is 11.1 Å². The summed E-state index contributed by atoms with van der Waals surface area (Å²) >= 11 is 0. The van der Waals surface area contributed by atoms with Gasteiger partial charge in [0.2, 0.25) is 0 Å². The Labute approximate surface area is 78.0 Å². The Kier molecular flexibility index (Phi) is 2.78. The first kappa shape index (κ1) is 10.6. The fourth-order valence-electron chi connectivity index (χ4n) is 1.10. The molecule has 0 bridgehead atoms. The number of aromatic hydroxyl groups is 1. The second-order valence-corrected chi connectivity index (χ2v) is 2.71. The number of halogens is 3. The van der Waals surface area contributed by atoms with Gasteiger partial charge in [-0.1, -0.05) is 6.07 Å². The van der Waals surface area contributed by atoms with Crippen molar-refractivity contribution < 1.29 is 23.1 Å². The highest BCUT2D eigenvalue weighted by molar-refractivity contribution is 5.57. The molecular formula is C9H7F3O2. The van der Waals surface area contributed by atoms with Gasteiger partial charge >= 0.3 is 6.18 Å². The summed E-state index contributed by atoms with van der Waals surface area (Å²) in [5, 5.41) is 8.88. The van der Waals surface area contributed by atoms with Gasteiger partial charge in [-0.3, -0.25) is 0 Å². The summed E-state index contributed by atoms with van der Waals surface area (Å²) in [5.74, 6) is -0.466. The molecule has 0 atom stereocenters. The summed E-state index contributed by atoms with van der Waals surface area (Å²) in [6.07, 6.45) is -4.46. The van der Waals surface area contributed by atoms with Crippen LogP contribution < -0.4 is 0 Å². The van der Waals surface area contributed by atoms with E-state index in [0.717, 1.165) is 12.1 Å². The first-order valence-corrected chi connectivity index (χ1v) is 3.78. The zero-order valence-corrected chi connectivity index (χ0v) is 7.01. The summed E-state index contributed by atoms with van der Waals surface area (Å²) in [7, 11) is 0. The van der Waals surface area contributed by atoms with E-state index in [1.165, 1.54) is 0 Å². The van der Waals surface area contributed by atoms with Gasteiger partial charge in [-0.05, 0) is 17.7 Å². The van der Waals surface area contributed by atoms with Crippen molar-refractivity contribution in [1.29, 1.82) is 0 Å². The molecule has 0 aromatic heterocycles. The van der Waals surface area contributed by atoms with Crippen molar-refractivity contribution in [3.63, 3.8) is 0 Å². The Morgan fingerprint density at radius 1 is 1.36 bits per heavy atom. The van der Waals surface area contributed by atoms with E-state index in [2.05, 4.69) is 0 Å². The summed E-state index contributed by atoms with van der Waals surface area (Å²) < 4.78 is 37.0. The summed E-state index contributed by atoms with van der Waals surface area (Å²) in [6, 6.07) is 2.82. The number of benzene rings is 1. The summed E-state index contributed by atoms with van der Waals surface area (Å²) in [5.41, 5.74) is -1.10. The van der Waals surface area contributed by atoms with Gasteiger partial charge in [-0.25, -0.2) is 0 Å². The van der Waals surface area contributed by atoms with Crippen LogP contribution in [-0.2, 0) is 17.4 Å². The molecular weight excluding hydrogens is 197 g/mol. The molecule has 1 aromatic rings. The minimum Gasteiger partial charge on any atom is -0.508 e. The van der Waals surface area contributed by atoms with Gasteiger partial charge in [0, 0.05) is 6.42 Å². The number of hydrogen-bond donors (Lipinski definition) is 1. The number of alkyl halides is 3. The van der Waals surface area contributed by atoms with Gasteiger partial charge in [0.1, 0.15) is 12.0 Å². The molecule has 0 aliphatic carbocycles. The fraction of sp³-hybridized carbons (Fsp3) is 0.222. The molecule has 2 nitrogen and oxygen atoms in total. The van der Waals surface area contributed by atoms with Crippen molar-refractivity contribution in [1.82, 2.24) is 0 Å². The molecule has 0 saturated carbocycles. The van der Waals surface area contributed by atoms with E-state index >= 15 is 0 Å². The highest BCUT2D eigenvalue weighted by Gasteiger charge is 2.33. The number of aldehydes is 1. The Morgan fingerprint density at radius 3 is 2.50 bits per heavy atom. The third-order valence-electron chi connectivity index (χ3n) is 1.70. The molecule has 1 aromatic carbocycles. The molecule has 0 heterocycles. The standard InChI is InChI=1S/C9H7F3O2/c10-9(11,12)8-5-7(14)2-1-6(8)3-4-13/h1-2,4-5,14H,3H2. The quantitative estimate of drug-likeness (QED) is 0.749. The number of phenols is 1. The van der Waals surface area contributed by atoms with E-state index in [4.69, 9.17) is 5.11 Å². The lowest BCUT2D eigenvalue weighted by atomic mass is 10.0. The molecule has 0 spiro atoms. The topological polar surface area (TPSA) is 37.3 Å². The molecule has 76 valence electrons. The number of phenolic OH excluding ortho intramolecular Hbond substituents is 1. The first-order chi connectivity index (χ1) is 6.45. The predicted octanol–water partition coefficient (Wildman–Crippen LogP) is 2.15. The predicted molar refractivity (Wildman–Crippen MR) is 42.9 cm³/mol. The molecule has 0 aliphatic heterocycles. The van der Waals surface area contributed by atoms with E-state index in [-0.39, 0.29) is 12.0 Å². The van der Waals surface area contributed by atoms with Crippen molar-refractivity contribution >= 4 is 6.29 Å². The Morgan fingerprint density at radius 2 is 2.00 bits per heavy atom. The van der Waals surface area contributed by atoms with E-state index in [9.17, 15) is 18.0 Å². The van der Waals surface area contributed by atoms with Crippen LogP contribution in [0.25, 0.3) is 0 Å². The zero-order valence-electron chi connectivity index (χ0n) is 7.01. The molecule has 5 heteroatoms. The molecule has 14 heavy (non-hydrogen) atoms. The Hall–Kier alpha value is -1.52. The van der Waals surface area contributed by atoms with Crippen molar-refractivity contribution in [3.8, 4) is 5.75 Å². The SMILES string of the molecule is O=CCc1ccc(O)cc1C(F)(F)F. The van der Waals surface area contributed by atoms with Crippen molar-refractivity contribution in [2.45, 2.75) is 12.6 Å². The van der Waals surface area contributed by atoms with Gasteiger partial charge in [-0.15, -0.1) is 0 Å². The van der Waals surface area contributed by atoms with Crippen molar-refractivity contribution in [3.05, 3.63) is 29.3 Å². The highest BCUT2D eigenvalue weighted by Crippen LogP contribution is 2.34. The number of hydrogen-bond acceptors (Lipinski definition) is 2. The normalized spacial score (nSPS) is 11.4. The van der Waals surface area contributed by atoms with Crippen LogP contribution >= 0.6 is 0 Å². The molecule has 0 amide bonds. The minimum absolute atomic E-state index is 0.134. The largest absolute Gasteiger partial charge is 0.508 e. The number of rotatable bonds is 2. The molecule has 0 fully saturated rings. The Bertz CT molecular complexity index is 344. The summed E-state index contributed by atoms with van der Waals surface area (Å²) in [6.45, 7) is 0. The second-order valence-electron chi connectivity index (χ2n) is 2.71. The third-order valence-corrected chi connectivity index (χ3v) is 1.70. The third kappa shape index (κ3) is 2.25.